The van der Waals surface area contributed by atoms with Gasteiger partial charge in [0.25, 0.3) is 0 Å². The second kappa shape index (κ2) is 7.79. The summed E-state index contributed by atoms with van der Waals surface area (Å²) in [6, 6.07) is 22.5. The summed E-state index contributed by atoms with van der Waals surface area (Å²) in [7, 11) is 1.28. The van der Waals surface area contributed by atoms with Crippen molar-refractivity contribution in [1.29, 1.82) is 0 Å². The molecule has 25 heavy (non-hydrogen) atoms. The molecule has 128 valence electrons. The van der Waals surface area contributed by atoms with Gasteiger partial charge in [0.1, 0.15) is 12.7 Å². The molecule has 0 aliphatic rings. The van der Waals surface area contributed by atoms with Gasteiger partial charge in [-0.3, -0.25) is 4.84 Å². The minimum atomic E-state index is -0.875. The Morgan fingerprint density at radius 1 is 1.00 bits per heavy atom. The van der Waals surface area contributed by atoms with Gasteiger partial charge in [0.2, 0.25) is 0 Å². The van der Waals surface area contributed by atoms with Crippen molar-refractivity contribution in [2.45, 2.75) is 6.10 Å². The van der Waals surface area contributed by atoms with Gasteiger partial charge in [-0.05, 0) is 34.5 Å². The Morgan fingerprint density at radius 3 is 2.40 bits per heavy atom. The molecule has 1 unspecified atom stereocenters. The summed E-state index contributed by atoms with van der Waals surface area (Å²) >= 11 is 0. The first-order valence-corrected chi connectivity index (χ1v) is 7.92. The van der Waals surface area contributed by atoms with Crippen LogP contribution in [0.3, 0.4) is 0 Å². The maximum absolute atomic E-state index is 11.9. The Morgan fingerprint density at radius 2 is 1.68 bits per heavy atom. The molecule has 0 aliphatic carbocycles. The van der Waals surface area contributed by atoms with E-state index < -0.39 is 12.2 Å². The number of amides is 1. The summed E-state index contributed by atoms with van der Waals surface area (Å²) in [5, 5.41) is 13.6. The van der Waals surface area contributed by atoms with Crippen molar-refractivity contribution >= 4 is 22.6 Å². The number of aliphatic hydroxyl groups excluding tert-OH is 1. The lowest BCUT2D eigenvalue weighted by Gasteiger charge is -2.22. The lowest BCUT2D eigenvalue weighted by atomic mass is 10.0. The highest BCUT2D eigenvalue weighted by molar-refractivity contribution is 5.85. The highest BCUT2D eigenvalue weighted by Crippen LogP contribution is 2.22. The standard InChI is InChI=1S/C20H19NO4/c1-24-20(23)21(18-9-3-2-4-10-18)25-14-19(22)17-12-11-15-7-5-6-8-16(15)13-17/h2-13,19,22H,14H2,1H3. The van der Waals surface area contributed by atoms with E-state index in [9.17, 15) is 9.90 Å². The van der Waals surface area contributed by atoms with Gasteiger partial charge in [-0.15, -0.1) is 0 Å². The number of nitrogens with zero attached hydrogens (tertiary/aromatic N) is 1. The number of benzene rings is 3. The summed E-state index contributed by atoms with van der Waals surface area (Å²) in [4.78, 5) is 17.5. The number of hydroxylamine groups is 1. The normalized spacial score (nSPS) is 11.9. The van der Waals surface area contributed by atoms with E-state index in [1.54, 1.807) is 24.3 Å². The Labute approximate surface area is 146 Å². The largest absolute Gasteiger partial charge is 0.451 e. The number of methoxy groups -OCH3 is 1. The molecule has 1 N–H and O–H groups in total. The van der Waals surface area contributed by atoms with E-state index in [1.165, 1.54) is 7.11 Å². The van der Waals surface area contributed by atoms with Gasteiger partial charge in [-0.25, -0.2) is 4.79 Å². The number of carbonyl (C=O) groups excluding carboxylic acids is 1. The molecule has 0 spiro atoms. The molecular formula is C20H19NO4. The topological polar surface area (TPSA) is 59.0 Å². The third-order valence-electron chi connectivity index (χ3n) is 3.85. The molecule has 5 nitrogen and oxygen atoms in total. The number of hydrogen-bond acceptors (Lipinski definition) is 4. The molecule has 0 heterocycles. The minimum absolute atomic E-state index is 0.0810. The number of para-hydroxylation sites is 1. The van der Waals surface area contributed by atoms with E-state index in [2.05, 4.69) is 0 Å². The van der Waals surface area contributed by atoms with Gasteiger partial charge in [0.05, 0.1) is 12.8 Å². The van der Waals surface area contributed by atoms with Crippen molar-refractivity contribution in [3.8, 4) is 0 Å². The molecule has 1 amide bonds. The lowest BCUT2D eigenvalue weighted by Crippen LogP contribution is -2.32. The molecular weight excluding hydrogens is 318 g/mol. The molecule has 5 heteroatoms. The third kappa shape index (κ3) is 3.96. The SMILES string of the molecule is COC(=O)N(OCC(O)c1ccc2ccccc2c1)c1ccccc1. The molecule has 0 fully saturated rings. The maximum atomic E-state index is 11.9. The van der Waals surface area contributed by atoms with Gasteiger partial charge >= 0.3 is 6.09 Å². The van der Waals surface area contributed by atoms with Crippen molar-refractivity contribution in [2.24, 2.45) is 0 Å². The molecule has 3 aromatic rings. The zero-order valence-electron chi connectivity index (χ0n) is 13.8. The summed E-state index contributed by atoms with van der Waals surface area (Å²) in [6.45, 7) is -0.0810. The van der Waals surface area contributed by atoms with E-state index in [1.807, 2.05) is 48.5 Å². The van der Waals surface area contributed by atoms with Crippen molar-refractivity contribution in [1.82, 2.24) is 0 Å². The molecule has 3 rings (SSSR count). The predicted molar refractivity (Wildman–Crippen MR) is 96.2 cm³/mol. The van der Waals surface area contributed by atoms with Crippen LogP contribution in [0.2, 0.25) is 0 Å². The van der Waals surface area contributed by atoms with E-state index in [0.29, 0.717) is 5.69 Å². The number of rotatable bonds is 5. The van der Waals surface area contributed by atoms with Crippen LogP contribution in [0, 0.1) is 0 Å². The third-order valence-corrected chi connectivity index (χ3v) is 3.85. The van der Waals surface area contributed by atoms with Crippen LogP contribution in [-0.2, 0) is 9.57 Å². The zero-order chi connectivity index (χ0) is 17.6. The lowest BCUT2D eigenvalue weighted by molar-refractivity contribution is 0.0214. The summed E-state index contributed by atoms with van der Waals surface area (Å²) in [5.41, 5.74) is 1.25. The van der Waals surface area contributed by atoms with Gasteiger partial charge < -0.3 is 9.84 Å². The number of fused-ring (bicyclic) bond motifs is 1. The zero-order valence-corrected chi connectivity index (χ0v) is 13.8. The molecule has 3 aromatic carbocycles. The number of ether oxygens (including phenoxy) is 1. The van der Waals surface area contributed by atoms with Crippen LogP contribution in [0.5, 0.6) is 0 Å². The smallest absolute Gasteiger partial charge is 0.438 e. The van der Waals surface area contributed by atoms with Crippen LogP contribution >= 0.6 is 0 Å². The second-order valence-electron chi connectivity index (χ2n) is 5.52. The van der Waals surface area contributed by atoms with Crippen molar-refractivity contribution in [3.63, 3.8) is 0 Å². The second-order valence-corrected chi connectivity index (χ2v) is 5.52. The molecule has 0 saturated heterocycles. The van der Waals surface area contributed by atoms with Crippen LogP contribution in [-0.4, -0.2) is 24.9 Å². The fourth-order valence-corrected chi connectivity index (χ4v) is 2.54. The fourth-order valence-electron chi connectivity index (χ4n) is 2.54. The van der Waals surface area contributed by atoms with Crippen molar-refractivity contribution < 1.29 is 19.5 Å². The summed E-state index contributed by atoms with van der Waals surface area (Å²) in [6.07, 6.45) is -1.53. The van der Waals surface area contributed by atoms with Gasteiger partial charge in [-0.1, -0.05) is 54.6 Å². The molecule has 0 saturated carbocycles. The highest BCUT2D eigenvalue weighted by Gasteiger charge is 2.19. The van der Waals surface area contributed by atoms with E-state index >= 15 is 0 Å². The van der Waals surface area contributed by atoms with Crippen molar-refractivity contribution in [2.75, 3.05) is 18.8 Å². The maximum Gasteiger partial charge on any atom is 0.438 e. The van der Waals surface area contributed by atoms with Crippen LogP contribution in [0.15, 0.2) is 72.8 Å². The first-order chi connectivity index (χ1) is 12.2. The average molecular weight is 337 g/mol. The van der Waals surface area contributed by atoms with Gasteiger partial charge in [-0.2, -0.15) is 5.06 Å². The molecule has 0 radical (unpaired) electrons. The number of aliphatic hydroxyl groups is 1. The van der Waals surface area contributed by atoms with Crippen LogP contribution in [0.1, 0.15) is 11.7 Å². The first-order valence-electron chi connectivity index (χ1n) is 7.92. The average Bonchev–Trinajstić information content (AvgIpc) is 2.68. The monoisotopic (exact) mass is 337 g/mol. The molecule has 0 aromatic heterocycles. The molecule has 0 aliphatic heterocycles. The Balaban J connectivity index is 1.74. The minimum Gasteiger partial charge on any atom is -0.451 e. The van der Waals surface area contributed by atoms with Gasteiger partial charge in [0.15, 0.2) is 0 Å². The van der Waals surface area contributed by atoms with Crippen LogP contribution in [0.25, 0.3) is 10.8 Å². The molecule has 0 bridgehead atoms. The summed E-state index contributed by atoms with van der Waals surface area (Å²) in [5.74, 6) is 0. The Bertz CT molecular complexity index is 850. The van der Waals surface area contributed by atoms with Crippen molar-refractivity contribution in [3.05, 3.63) is 78.4 Å². The van der Waals surface area contributed by atoms with Gasteiger partial charge in [0, 0.05) is 0 Å². The Kier molecular flexibility index (Phi) is 5.28. The number of anilines is 1. The number of carbonyl (C=O) groups is 1. The van der Waals surface area contributed by atoms with E-state index in [0.717, 1.165) is 21.4 Å². The quantitative estimate of drug-likeness (QED) is 0.713. The number of hydrogen-bond donors (Lipinski definition) is 1. The Hall–Kier alpha value is -2.89. The molecule has 1 atom stereocenters. The van der Waals surface area contributed by atoms with E-state index in [4.69, 9.17) is 9.57 Å². The highest BCUT2D eigenvalue weighted by atomic mass is 16.7. The van der Waals surface area contributed by atoms with E-state index in [-0.39, 0.29) is 6.61 Å². The summed E-state index contributed by atoms with van der Waals surface area (Å²) < 4.78 is 4.74. The van der Waals surface area contributed by atoms with Crippen LogP contribution < -0.4 is 5.06 Å². The van der Waals surface area contributed by atoms with Crippen LogP contribution in [0.4, 0.5) is 10.5 Å². The first kappa shape index (κ1) is 17.0. The predicted octanol–water partition coefficient (Wildman–Crippen LogP) is 4.08. The fraction of sp³-hybridized carbons (Fsp3) is 0.150.